The lowest BCUT2D eigenvalue weighted by molar-refractivity contribution is 0.104. The molecule has 0 atom stereocenters. The fraction of sp³-hybridized carbons (Fsp3) is 0.0526. The number of aromatic amines is 1. The molecule has 0 aliphatic rings. The van der Waals surface area contributed by atoms with E-state index in [2.05, 4.69) is 4.98 Å². The van der Waals surface area contributed by atoms with Crippen LogP contribution >= 0.6 is 11.6 Å². The molecule has 24 heavy (non-hydrogen) atoms. The predicted octanol–water partition coefficient (Wildman–Crippen LogP) is 4.62. The summed E-state index contributed by atoms with van der Waals surface area (Å²) in [6.07, 6.45) is 3.17. The zero-order valence-corrected chi connectivity index (χ0v) is 13.6. The molecule has 3 rings (SSSR count). The van der Waals surface area contributed by atoms with Crippen molar-refractivity contribution in [3.05, 3.63) is 70.4 Å². The zero-order valence-electron chi connectivity index (χ0n) is 12.8. The van der Waals surface area contributed by atoms with Gasteiger partial charge in [0.2, 0.25) is 5.78 Å². The molecule has 1 heterocycles. The van der Waals surface area contributed by atoms with Crippen LogP contribution in [0.3, 0.4) is 0 Å². The highest BCUT2D eigenvalue weighted by Crippen LogP contribution is 2.24. The summed E-state index contributed by atoms with van der Waals surface area (Å²) >= 11 is 5.95. The lowest BCUT2D eigenvalue weighted by Gasteiger charge is -2.01. The van der Waals surface area contributed by atoms with Crippen molar-refractivity contribution in [3.63, 3.8) is 0 Å². The first-order chi connectivity index (χ1) is 11.6. The number of carbonyl (C=O) groups excluding carboxylic acids is 1. The number of ketones is 1. The number of ether oxygens (including phenoxy) is 1. The average molecular weight is 337 g/mol. The Morgan fingerprint density at radius 2 is 2.00 bits per heavy atom. The summed E-state index contributed by atoms with van der Waals surface area (Å²) in [6.45, 7) is 0. The molecule has 5 heteroatoms. The molecule has 3 aromatic rings. The Balaban J connectivity index is 1.98. The third-order valence-electron chi connectivity index (χ3n) is 3.68. The number of carbonyl (C=O) groups is 1. The van der Waals surface area contributed by atoms with Crippen LogP contribution in [0.15, 0.2) is 54.2 Å². The van der Waals surface area contributed by atoms with Crippen LogP contribution in [-0.4, -0.2) is 17.9 Å². The van der Waals surface area contributed by atoms with Crippen LogP contribution in [0.4, 0.5) is 0 Å². The van der Waals surface area contributed by atoms with Gasteiger partial charge in [-0.15, -0.1) is 0 Å². The molecule has 0 aliphatic carbocycles. The minimum Gasteiger partial charge on any atom is -0.497 e. The van der Waals surface area contributed by atoms with Gasteiger partial charge in [0.05, 0.1) is 7.11 Å². The quantitative estimate of drug-likeness (QED) is 0.429. The van der Waals surface area contributed by atoms with Crippen LogP contribution in [0.5, 0.6) is 5.75 Å². The number of halogens is 1. The summed E-state index contributed by atoms with van der Waals surface area (Å²) in [7, 11) is 1.58. The lowest BCUT2D eigenvalue weighted by Crippen LogP contribution is -2.01. The van der Waals surface area contributed by atoms with Crippen LogP contribution < -0.4 is 4.74 Å². The van der Waals surface area contributed by atoms with Crippen molar-refractivity contribution in [2.45, 2.75) is 0 Å². The maximum atomic E-state index is 12.7. The van der Waals surface area contributed by atoms with Crippen LogP contribution in [-0.2, 0) is 0 Å². The van der Waals surface area contributed by atoms with Crippen LogP contribution in [0.25, 0.3) is 17.0 Å². The lowest BCUT2D eigenvalue weighted by atomic mass is 10.0. The summed E-state index contributed by atoms with van der Waals surface area (Å²) in [5, 5.41) is 10.7. The molecule has 0 saturated heterocycles. The van der Waals surface area contributed by atoms with Crippen molar-refractivity contribution in [2.24, 2.45) is 0 Å². The normalized spacial score (nSPS) is 11.3. The largest absolute Gasteiger partial charge is 0.497 e. The van der Waals surface area contributed by atoms with E-state index in [1.807, 2.05) is 6.07 Å². The number of nitrogens with one attached hydrogen (secondary N) is 1. The van der Waals surface area contributed by atoms with Gasteiger partial charge in [-0.1, -0.05) is 29.8 Å². The van der Waals surface area contributed by atoms with E-state index < -0.39 is 0 Å². The van der Waals surface area contributed by atoms with Crippen molar-refractivity contribution in [2.75, 3.05) is 7.11 Å². The molecule has 0 bridgehead atoms. The van der Waals surface area contributed by atoms with Crippen molar-refractivity contribution in [3.8, 4) is 11.8 Å². The molecule has 1 aromatic heterocycles. The van der Waals surface area contributed by atoms with Crippen LogP contribution in [0.1, 0.15) is 15.9 Å². The molecule has 2 aromatic carbocycles. The first kappa shape index (κ1) is 15.9. The Morgan fingerprint density at radius 3 is 2.67 bits per heavy atom. The topological polar surface area (TPSA) is 65.9 Å². The molecule has 0 fully saturated rings. The number of fused-ring (bicyclic) bond motifs is 1. The summed E-state index contributed by atoms with van der Waals surface area (Å²) < 4.78 is 5.10. The Kier molecular flexibility index (Phi) is 4.37. The highest BCUT2D eigenvalue weighted by atomic mass is 35.5. The van der Waals surface area contributed by atoms with E-state index in [0.29, 0.717) is 16.3 Å². The van der Waals surface area contributed by atoms with Gasteiger partial charge in [0, 0.05) is 27.7 Å². The Hall–Kier alpha value is -3.03. The first-order valence-corrected chi connectivity index (χ1v) is 7.57. The highest BCUT2D eigenvalue weighted by molar-refractivity contribution is 6.31. The molecule has 0 aliphatic heterocycles. The number of hydrogen-bond donors (Lipinski definition) is 1. The maximum absolute atomic E-state index is 12.7. The van der Waals surface area contributed by atoms with Crippen molar-refractivity contribution in [1.29, 1.82) is 5.26 Å². The number of hydrogen-bond acceptors (Lipinski definition) is 3. The summed E-state index contributed by atoms with van der Waals surface area (Å²) in [4.78, 5) is 15.7. The van der Waals surface area contributed by atoms with Gasteiger partial charge in [0.1, 0.15) is 17.4 Å². The number of nitriles is 1. The number of aromatic nitrogens is 1. The SMILES string of the molecule is COc1ccc(/C=C(\C#N)C(=O)c2c[nH]c3cc(Cl)ccc23)cc1. The predicted molar refractivity (Wildman–Crippen MR) is 94.2 cm³/mol. The smallest absolute Gasteiger partial charge is 0.205 e. The molecular formula is C19H13ClN2O2. The van der Waals surface area contributed by atoms with Gasteiger partial charge < -0.3 is 9.72 Å². The van der Waals surface area contributed by atoms with Gasteiger partial charge in [-0.2, -0.15) is 5.26 Å². The number of rotatable bonds is 4. The van der Waals surface area contributed by atoms with Gasteiger partial charge >= 0.3 is 0 Å². The highest BCUT2D eigenvalue weighted by Gasteiger charge is 2.16. The average Bonchev–Trinajstić information content (AvgIpc) is 3.02. The number of allylic oxidation sites excluding steroid dienone is 1. The second-order valence-corrected chi connectivity index (χ2v) is 5.60. The second kappa shape index (κ2) is 6.61. The van der Waals surface area contributed by atoms with E-state index in [0.717, 1.165) is 16.5 Å². The van der Waals surface area contributed by atoms with Crippen LogP contribution in [0, 0.1) is 11.3 Å². The van der Waals surface area contributed by atoms with E-state index in [9.17, 15) is 10.1 Å². The second-order valence-electron chi connectivity index (χ2n) is 5.16. The Labute approximate surface area is 143 Å². The number of Topliss-reactive ketones (excluding diaryl/α,β-unsaturated/α-hetero) is 1. The molecule has 0 amide bonds. The molecule has 4 nitrogen and oxygen atoms in total. The van der Waals surface area contributed by atoms with Crippen LogP contribution in [0.2, 0.25) is 5.02 Å². The molecule has 0 saturated carbocycles. The third-order valence-corrected chi connectivity index (χ3v) is 3.92. The number of H-pyrrole nitrogens is 1. The van der Waals surface area contributed by atoms with Crippen molar-refractivity contribution < 1.29 is 9.53 Å². The molecule has 1 N–H and O–H groups in total. The molecule has 118 valence electrons. The van der Waals surface area contributed by atoms with Gasteiger partial charge in [-0.3, -0.25) is 4.79 Å². The molecule has 0 unspecified atom stereocenters. The third kappa shape index (κ3) is 3.03. The summed E-state index contributed by atoms with van der Waals surface area (Å²) in [6, 6.07) is 14.3. The van der Waals surface area contributed by atoms with E-state index in [-0.39, 0.29) is 11.4 Å². The Bertz CT molecular complexity index is 979. The summed E-state index contributed by atoms with van der Waals surface area (Å²) in [5.41, 5.74) is 2.02. The van der Waals surface area contributed by atoms with E-state index in [1.165, 1.54) is 0 Å². The molecule has 0 spiro atoms. The van der Waals surface area contributed by atoms with Gasteiger partial charge in [0.15, 0.2) is 0 Å². The standard InChI is InChI=1S/C19H13ClN2O2/c1-24-15-5-2-12(3-6-15)8-13(10-21)19(23)17-11-22-18-9-14(20)4-7-16(17)18/h2-9,11,22H,1H3/b13-8+. The van der Waals surface area contributed by atoms with E-state index in [1.54, 1.807) is 61.8 Å². The maximum Gasteiger partial charge on any atom is 0.205 e. The van der Waals surface area contributed by atoms with E-state index in [4.69, 9.17) is 16.3 Å². The molecule has 0 radical (unpaired) electrons. The van der Waals surface area contributed by atoms with Crippen molar-refractivity contribution >= 4 is 34.4 Å². The monoisotopic (exact) mass is 336 g/mol. The van der Waals surface area contributed by atoms with Gasteiger partial charge in [0.25, 0.3) is 0 Å². The number of benzene rings is 2. The van der Waals surface area contributed by atoms with Crippen molar-refractivity contribution in [1.82, 2.24) is 4.98 Å². The fourth-order valence-electron chi connectivity index (χ4n) is 2.45. The minimum absolute atomic E-state index is 0.0658. The van der Waals surface area contributed by atoms with Gasteiger partial charge in [-0.25, -0.2) is 0 Å². The summed E-state index contributed by atoms with van der Waals surface area (Å²) in [5.74, 6) is 0.382. The molecular weight excluding hydrogens is 324 g/mol. The Morgan fingerprint density at radius 1 is 1.25 bits per heavy atom. The number of nitrogens with zero attached hydrogens (tertiary/aromatic N) is 1. The van der Waals surface area contributed by atoms with Gasteiger partial charge in [-0.05, 0) is 35.9 Å². The minimum atomic E-state index is -0.332. The number of methoxy groups -OCH3 is 1. The zero-order chi connectivity index (χ0) is 17.1. The fourth-order valence-corrected chi connectivity index (χ4v) is 2.62. The van der Waals surface area contributed by atoms with E-state index >= 15 is 0 Å². The first-order valence-electron chi connectivity index (χ1n) is 7.19.